The number of aliphatic carboxylic acids is 1. The van der Waals surface area contributed by atoms with Gasteiger partial charge in [-0.1, -0.05) is 32.5 Å². The predicted molar refractivity (Wildman–Crippen MR) is 82.4 cm³/mol. The lowest BCUT2D eigenvalue weighted by Gasteiger charge is -2.18. The highest BCUT2D eigenvalue weighted by atomic mass is 32.2. The molecule has 0 aliphatic heterocycles. The topological polar surface area (TPSA) is 58.4 Å². The highest BCUT2D eigenvalue weighted by Crippen LogP contribution is 2.19. The van der Waals surface area contributed by atoms with Crippen LogP contribution in [0, 0.1) is 0 Å². The molecule has 1 heterocycles. The van der Waals surface area contributed by atoms with Crippen LogP contribution in [0.5, 0.6) is 0 Å². The van der Waals surface area contributed by atoms with E-state index in [0.29, 0.717) is 0 Å². The molecule has 114 valence electrons. The second-order valence-electron chi connectivity index (χ2n) is 4.60. The zero-order valence-corrected chi connectivity index (χ0v) is 13.4. The van der Waals surface area contributed by atoms with Crippen molar-refractivity contribution < 1.29 is 9.90 Å². The Morgan fingerprint density at radius 3 is 2.65 bits per heavy atom. The molecule has 0 unspecified atom stereocenters. The van der Waals surface area contributed by atoms with Crippen LogP contribution in [0.4, 0.5) is 0 Å². The SMILES string of the molecule is CCc1cnc(SCC(=O)O)n1CCCN(CC)CC. The van der Waals surface area contributed by atoms with Gasteiger partial charge in [-0.25, -0.2) is 4.98 Å². The normalized spacial score (nSPS) is 11.2. The van der Waals surface area contributed by atoms with Crippen molar-refractivity contribution >= 4 is 17.7 Å². The number of aryl methyl sites for hydroxylation is 1. The number of aromatic nitrogens is 2. The standard InChI is InChI=1S/C14H25N3O2S/c1-4-12-10-15-14(20-11-13(18)19)17(12)9-7-8-16(5-2)6-3/h10H,4-9,11H2,1-3H3,(H,18,19). The number of thioether (sulfide) groups is 1. The molecule has 0 radical (unpaired) electrons. The third kappa shape index (κ3) is 5.17. The number of hydrogen-bond donors (Lipinski definition) is 1. The van der Waals surface area contributed by atoms with E-state index in [-0.39, 0.29) is 5.75 Å². The predicted octanol–water partition coefficient (Wildman–Crippen LogP) is 2.35. The molecule has 0 aliphatic carbocycles. The van der Waals surface area contributed by atoms with E-state index in [4.69, 9.17) is 5.11 Å². The van der Waals surface area contributed by atoms with E-state index in [0.717, 1.165) is 44.2 Å². The molecule has 0 saturated heterocycles. The lowest BCUT2D eigenvalue weighted by Crippen LogP contribution is -2.25. The van der Waals surface area contributed by atoms with Crippen LogP contribution in [0.2, 0.25) is 0 Å². The molecule has 1 N–H and O–H groups in total. The maximum absolute atomic E-state index is 10.7. The minimum absolute atomic E-state index is 0.0657. The Morgan fingerprint density at radius 2 is 2.10 bits per heavy atom. The third-order valence-corrected chi connectivity index (χ3v) is 4.31. The van der Waals surface area contributed by atoms with Crippen molar-refractivity contribution in [2.75, 3.05) is 25.4 Å². The molecule has 0 fully saturated rings. The number of imidazole rings is 1. The molecule has 6 heteroatoms. The second-order valence-corrected chi connectivity index (χ2v) is 5.54. The molecule has 1 aromatic heterocycles. The highest BCUT2D eigenvalue weighted by molar-refractivity contribution is 7.99. The van der Waals surface area contributed by atoms with Gasteiger partial charge in [0.1, 0.15) is 0 Å². The molecule has 0 aliphatic rings. The smallest absolute Gasteiger partial charge is 0.313 e. The quantitative estimate of drug-likeness (QED) is 0.672. The van der Waals surface area contributed by atoms with E-state index in [1.807, 2.05) is 6.20 Å². The van der Waals surface area contributed by atoms with Gasteiger partial charge in [0.05, 0.1) is 5.75 Å². The van der Waals surface area contributed by atoms with Gasteiger partial charge in [-0.05, 0) is 32.5 Å². The van der Waals surface area contributed by atoms with Gasteiger partial charge in [0.2, 0.25) is 0 Å². The number of hydrogen-bond acceptors (Lipinski definition) is 4. The van der Waals surface area contributed by atoms with Gasteiger partial charge < -0.3 is 14.6 Å². The van der Waals surface area contributed by atoms with Crippen LogP contribution in [-0.4, -0.2) is 50.9 Å². The van der Waals surface area contributed by atoms with E-state index < -0.39 is 5.97 Å². The largest absolute Gasteiger partial charge is 0.481 e. The van der Waals surface area contributed by atoms with Crippen LogP contribution in [0.1, 0.15) is 32.9 Å². The van der Waals surface area contributed by atoms with Gasteiger partial charge in [-0.15, -0.1) is 0 Å². The summed E-state index contributed by atoms with van der Waals surface area (Å²) >= 11 is 1.30. The first kappa shape index (κ1) is 17.0. The molecule has 5 nitrogen and oxygen atoms in total. The Hall–Kier alpha value is -1.01. The summed E-state index contributed by atoms with van der Waals surface area (Å²) in [6, 6.07) is 0. The molecule has 20 heavy (non-hydrogen) atoms. The number of rotatable bonds is 10. The van der Waals surface area contributed by atoms with Crippen LogP contribution in [-0.2, 0) is 17.8 Å². The van der Waals surface area contributed by atoms with E-state index >= 15 is 0 Å². The number of carbonyl (C=O) groups is 1. The van der Waals surface area contributed by atoms with Gasteiger partial charge >= 0.3 is 5.97 Å². The highest BCUT2D eigenvalue weighted by Gasteiger charge is 2.11. The zero-order chi connectivity index (χ0) is 15.0. The molecular weight excluding hydrogens is 274 g/mol. The van der Waals surface area contributed by atoms with Crippen molar-refractivity contribution in [3.63, 3.8) is 0 Å². The first-order valence-corrected chi connectivity index (χ1v) is 8.22. The Morgan fingerprint density at radius 1 is 1.40 bits per heavy atom. The monoisotopic (exact) mass is 299 g/mol. The number of nitrogens with zero attached hydrogens (tertiary/aromatic N) is 3. The maximum Gasteiger partial charge on any atom is 0.313 e. The number of carboxylic acid groups (broad SMARTS) is 1. The van der Waals surface area contributed by atoms with Crippen LogP contribution >= 0.6 is 11.8 Å². The van der Waals surface area contributed by atoms with Gasteiger partial charge in [0.25, 0.3) is 0 Å². The van der Waals surface area contributed by atoms with Gasteiger partial charge in [0.15, 0.2) is 5.16 Å². The molecule has 0 saturated carbocycles. The average Bonchev–Trinajstić information content (AvgIpc) is 2.83. The molecule has 0 amide bonds. The summed E-state index contributed by atoms with van der Waals surface area (Å²) < 4.78 is 2.16. The fraction of sp³-hybridized carbons (Fsp3) is 0.714. The van der Waals surface area contributed by atoms with Crippen molar-refractivity contribution in [3.05, 3.63) is 11.9 Å². The van der Waals surface area contributed by atoms with Crippen molar-refractivity contribution in [2.45, 2.75) is 45.3 Å². The molecule has 1 aromatic rings. The van der Waals surface area contributed by atoms with Gasteiger partial charge in [0, 0.05) is 18.4 Å². The Bertz CT molecular complexity index is 417. The van der Waals surface area contributed by atoms with Crippen molar-refractivity contribution in [2.24, 2.45) is 0 Å². The summed E-state index contributed by atoms with van der Waals surface area (Å²) in [6.45, 7) is 10.6. The second kappa shape index (κ2) is 9.02. The Labute approximate surface area is 125 Å². The fourth-order valence-electron chi connectivity index (χ4n) is 2.15. The summed E-state index contributed by atoms with van der Waals surface area (Å²) in [7, 11) is 0. The van der Waals surface area contributed by atoms with Crippen LogP contribution in [0.3, 0.4) is 0 Å². The first-order valence-electron chi connectivity index (χ1n) is 7.23. The minimum Gasteiger partial charge on any atom is -0.481 e. The van der Waals surface area contributed by atoms with E-state index in [1.54, 1.807) is 0 Å². The van der Waals surface area contributed by atoms with Crippen LogP contribution in [0.15, 0.2) is 11.4 Å². The summed E-state index contributed by atoms with van der Waals surface area (Å²) in [5, 5.41) is 9.60. The van der Waals surface area contributed by atoms with E-state index in [1.165, 1.54) is 17.5 Å². The van der Waals surface area contributed by atoms with E-state index in [2.05, 4.69) is 35.2 Å². The molecule has 1 rings (SSSR count). The Kier molecular flexibility index (Phi) is 7.69. The summed E-state index contributed by atoms with van der Waals surface area (Å²) in [5.41, 5.74) is 1.18. The van der Waals surface area contributed by atoms with Crippen LogP contribution < -0.4 is 0 Å². The molecule has 0 atom stereocenters. The molecule has 0 aromatic carbocycles. The Balaban J connectivity index is 2.61. The number of carboxylic acids is 1. The van der Waals surface area contributed by atoms with Gasteiger partial charge in [-0.3, -0.25) is 4.79 Å². The van der Waals surface area contributed by atoms with Gasteiger partial charge in [-0.2, -0.15) is 0 Å². The third-order valence-electron chi connectivity index (χ3n) is 3.34. The molecular formula is C14H25N3O2S. The van der Waals surface area contributed by atoms with Crippen molar-refractivity contribution in [1.82, 2.24) is 14.5 Å². The first-order chi connectivity index (χ1) is 9.62. The van der Waals surface area contributed by atoms with E-state index in [9.17, 15) is 4.79 Å². The lowest BCUT2D eigenvalue weighted by atomic mass is 10.3. The summed E-state index contributed by atoms with van der Waals surface area (Å²) in [5.74, 6) is -0.735. The van der Waals surface area contributed by atoms with Crippen molar-refractivity contribution in [3.8, 4) is 0 Å². The lowest BCUT2D eigenvalue weighted by molar-refractivity contribution is -0.133. The maximum atomic E-state index is 10.7. The fourth-order valence-corrected chi connectivity index (χ4v) is 2.89. The average molecular weight is 299 g/mol. The minimum atomic E-state index is -0.800. The summed E-state index contributed by atoms with van der Waals surface area (Å²) in [6.07, 6.45) is 3.85. The van der Waals surface area contributed by atoms with Crippen LogP contribution in [0.25, 0.3) is 0 Å². The molecule has 0 bridgehead atoms. The summed E-state index contributed by atoms with van der Waals surface area (Å²) in [4.78, 5) is 17.4. The molecule has 0 spiro atoms. The zero-order valence-electron chi connectivity index (χ0n) is 12.6. The van der Waals surface area contributed by atoms with Crippen molar-refractivity contribution in [1.29, 1.82) is 0 Å².